The van der Waals surface area contributed by atoms with Gasteiger partial charge in [-0.3, -0.25) is 20.9 Å². The lowest BCUT2D eigenvalue weighted by molar-refractivity contribution is 0.513. The Hall–Kier alpha value is -1.24. The summed E-state index contributed by atoms with van der Waals surface area (Å²) in [4.78, 5) is 4.14. The van der Waals surface area contributed by atoms with E-state index >= 15 is 0 Å². The Kier molecular flexibility index (Phi) is 5.50. The van der Waals surface area contributed by atoms with Gasteiger partial charge in [-0.25, -0.2) is 0 Å². The summed E-state index contributed by atoms with van der Waals surface area (Å²) in [6.07, 6.45) is 5.36. The van der Waals surface area contributed by atoms with E-state index in [0.717, 1.165) is 35.1 Å². The van der Waals surface area contributed by atoms with Crippen LogP contribution in [0.25, 0.3) is 0 Å². The van der Waals surface area contributed by atoms with Gasteiger partial charge in [0.1, 0.15) is 0 Å². The molecule has 1 unspecified atom stereocenters. The standard InChI is InChI=1S/C15H22BrN5/c1-4-12-15(16)14(21(5-2)20-12)8-13(19-17)11-6-7-18-9-10(11)3/h6-7,9,13,19H,4-5,8,17H2,1-3H3. The van der Waals surface area contributed by atoms with Crippen LogP contribution in [0.1, 0.15) is 42.4 Å². The van der Waals surface area contributed by atoms with Crippen LogP contribution in [0.3, 0.4) is 0 Å². The van der Waals surface area contributed by atoms with Crippen LogP contribution in [0.4, 0.5) is 0 Å². The molecule has 114 valence electrons. The quantitative estimate of drug-likeness (QED) is 0.620. The van der Waals surface area contributed by atoms with Crippen LogP contribution in [0.2, 0.25) is 0 Å². The first-order valence-corrected chi connectivity index (χ1v) is 8.02. The van der Waals surface area contributed by atoms with Crippen LogP contribution in [0.15, 0.2) is 22.9 Å². The van der Waals surface area contributed by atoms with Crippen molar-refractivity contribution in [2.45, 2.75) is 46.2 Å². The second-order valence-electron chi connectivity index (χ2n) is 5.03. The number of rotatable bonds is 6. The number of pyridine rings is 1. The molecule has 2 aromatic rings. The minimum atomic E-state index is 0.0380. The predicted octanol–water partition coefficient (Wildman–Crippen LogP) is 2.68. The Morgan fingerprint density at radius 2 is 2.19 bits per heavy atom. The molecule has 6 heteroatoms. The second-order valence-corrected chi connectivity index (χ2v) is 5.83. The van der Waals surface area contributed by atoms with Gasteiger partial charge in [-0.15, -0.1) is 0 Å². The number of nitrogens with zero attached hydrogens (tertiary/aromatic N) is 3. The summed E-state index contributed by atoms with van der Waals surface area (Å²) in [5.74, 6) is 5.79. The van der Waals surface area contributed by atoms with Gasteiger partial charge in [-0.05, 0) is 53.4 Å². The lowest BCUT2D eigenvalue weighted by atomic mass is 9.99. The SMILES string of the molecule is CCc1nn(CC)c(CC(NN)c2ccncc2C)c1Br. The average Bonchev–Trinajstić information content (AvgIpc) is 2.81. The molecule has 21 heavy (non-hydrogen) atoms. The highest BCUT2D eigenvalue weighted by Crippen LogP contribution is 2.28. The van der Waals surface area contributed by atoms with E-state index in [0.29, 0.717) is 0 Å². The third-order valence-corrected chi connectivity index (χ3v) is 4.65. The van der Waals surface area contributed by atoms with Gasteiger partial charge < -0.3 is 0 Å². The Morgan fingerprint density at radius 3 is 2.76 bits per heavy atom. The zero-order valence-electron chi connectivity index (χ0n) is 12.7. The van der Waals surface area contributed by atoms with Crippen molar-refractivity contribution < 1.29 is 0 Å². The fourth-order valence-corrected chi connectivity index (χ4v) is 3.27. The highest BCUT2D eigenvalue weighted by atomic mass is 79.9. The molecule has 2 heterocycles. The van der Waals surface area contributed by atoms with Crippen molar-refractivity contribution in [3.8, 4) is 0 Å². The van der Waals surface area contributed by atoms with Crippen molar-refractivity contribution in [1.29, 1.82) is 0 Å². The molecule has 2 rings (SSSR count). The monoisotopic (exact) mass is 351 g/mol. The molecule has 0 fully saturated rings. The summed E-state index contributed by atoms with van der Waals surface area (Å²) >= 11 is 3.69. The van der Waals surface area contributed by atoms with Crippen molar-refractivity contribution in [2.24, 2.45) is 5.84 Å². The molecule has 2 aromatic heterocycles. The summed E-state index contributed by atoms with van der Waals surface area (Å²) in [5, 5.41) is 4.64. The van der Waals surface area contributed by atoms with E-state index in [-0.39, 0.29) is 6.04 Å². The van der Waals surface area contributed by atoms with Gasteiger partial charge in [0.2, 0.25) is 0 Å². The molecule has 0 aliphatic heterocycles. The van der Waals surface area contributed by atoms with Crippen molar-refractivity contribution in [3.05, 3.63) is 45.4 Å². The fraction of sp³-hybridized carbons (Fsp3) is 0.467. The number of nitrogens with one attached hydrogen (secondary N) is 1. The molecular weight excluding hydrogens is 330 g/mol. The number of aromatic nitrogens is 3. The zero-order chi connectivity index (χ0) is 15.4. The summed E-state index contributed by atoms with van der Waals surface area (Å²) in [5.41, 5.74) is 7.49. The first-order valence-electron chi connectivity index (χ1n) is 7.23. The molecule has 1 atom stereocenters. The largest absolute Gasteiger partial charge is 0.271 e. The Labute approximate surface area is 134 Å². The Balaban J connectivity index is 2.35. The molecule has 0 amide bonds. The molecule has 0 spiro atoms. The van der Waals surface area contributed by atoms with Crippen LogP contribution < -0.4 is 11.3 Å². The van der Waals surface area contributed by atoms with Crippen LogP contribution in [0, 0.1) is 6.92 Å². The lowest BCUT2D eigenvalue weighted by Crippen LogP contribution is -2.31. The van der Waals surface area contributed by atoms with Gasteiger partial charge in [0, 0.05) is 25.4 Å². The van der Waals surface area contributed by atoms with Crippen molar-refractivity contribution in [2.75, 3.05) is 0 Å². The minimum Gasteiger partial charge on any atom is -0.271 e. The predicted molar refractivity (Wildman–Crippen MR) is 87.7 cm³/mol. The number of hydrogen-bond donors (Lipinski definition) is 2. The lowest BCUT2D eigenvalue weighted by Gasteiger charge is -2.19. The van der Waals surface area contributed by atoms with Crippen LogP contribution >= 0.6 is 15.9 Å². The Bertz CT molecular complexity index is 608. The third-order valence-electron chi connectivity index (χ3n) is 3.73. The van der Waals surface area contributed by atoms with Crippen LogP contribution in [-0.2, 0) is 19.4 Å². The molecule has 0 saturated carbocycles. The molecule has 3 N–H and O–H groups in total. The molecule has 5 nitrogen and oxygen atoms in total. The number of hydrogen-bond acceptors (Lipinski definition) is 4. The van der Waals surface area contributed by atoms with Crippen molar-refractivity contribution in [3.63, 3.8) is 0 Å². The maximum Gasteiger partial charge on any atom is 0.0766 e. The molecule has 0 aliphatic carbocycles. The summed E-state index contributed by atoms with van der Waals surface area (Å²) in [6.45, 7) is 7.12. The molecular formula is C15H22BrN5. The van der Waals surface area contributed by atoms with Crippen LogP contribution in [-0.4, -0.2) is 14.8 Å². The average molecular weight is 352 g/mol. The third kappa shape index (κ3) is 3.33. The zero-order valence-corrected chi connectivity index (χ0v) is 14.3. The second kappa shape index (κ2) is 7.15. The van der Waals surface area contributed by atoms with Crippen molar-refractivity contribution >= 4 is 15.9 Å². The van der Waals surface area contributed by atoms with Gasteiger partial charge in [0.05, 0.1) is 21.9 Å². The smallest absolute Gasteiger partial charge is 0.0766 e. The van der Waals surface area contributed by atoms with E-state index in [1.165, 1.54) is 11.3 Å². The molecule has 0 saturated heterocycles. The topological polar surface area (TPSA) is 68.8 Å². The minimum absolute atomic E-state index is 0.0380. The Morgan fingerprint density at radius 1 is 1.43 bits per heavy atom. The molecule has 0 aromatic carbocycles. The van der Waals surface area contributed by atoms with Gasteiger partial charge in [0.15, 0.2) is 0 Å². The maximum atomic E-state index is 5.79. The summed E-state index contributed by atoms with van der Waals surface area (Å²) < 4.78 is 3.14. The molecule has 0 radical (unpaired) electrons. The summed E-state index contributed by atoms with van der Waals surface area (Å²) in [7, 11) is 0. The first-order chi connectivity index (χ1) is 10.1. The van der Waals surface area contributed by atoms with E-state index in [1.807, 2.05) is 16.9 Å². The van der Waals surface area contributed by atoms with Gasteiger partial charge in [-0.1, -0.05) is 6.92 Å². The van der Waals surface area contributed by atoms with E-state index in [2.05, 4.69) is 52.2 Å². The first kappa shape index (κ1) is 16.1. The number of aryl methyl sites for hydroxylation is 3. The number of halogens is 1. The van der Waals surface area contributed by atoms with E-state index in [1.54, 1.807) is 6.20 Å². The van der Waals surface area contributed by atoms with Gasteiger partial charge in [-0.2, -0.15) is 5.10 Å². The maximum absolute atomic E-state index is 5.79. The van der Waals surface area contributed by atoms with Crippen molar-refractivity contribution in [1.82, 2.24) is 20.2 Å². The highest BCUT2D eigenvalue weighted by molar-refractivity contribution is 9.10. The number of nitrogens with two attached hydrogens (primary N) is 1. The van der Waals surface area contributed by atoms with Crippen LogP contribution in [0.5, 0.6) is 0 Å². The molecule has 0 bridgehead atoms. The fourth-order valence-electron chi connectivity index (χ4n) is 2.54. The van der Waals surface area contributed by atoms with Gasteiger partial charge in [0.25, 0.3) is 0 Å². The molecule has 0 aliphatic rings. The van der Waals surface area contributed by atoms with E-state index in [9.17, 15) is 0 Å². The number of hydrazine groups is 1. The van der Waals surface area contributed by atoms with E-state index in [4.69, 9.17) is 5.84 Å². The van der Waals surface area contributed by atoms with E-state index < -0.39 is 0 Å². The summed E-state index contributed by atoms with van der Waals surface area (Å²) in [6, 6.07) is 2.05. The normalized spacial score (nSPS) is 12.6. The highest BCUT2D eigenvalue weighted by Gasteiger charge is 2.20. The van der Waals surface area contributed by atoms with Gasteiger partial charge >= 0.3 is 0 Å².